The number of nitrogens with one attached hydrogen (secondary N) is 1. The molecule has 4 rings (SSSR count). The molecule has 0 radical (unpaired) electrons. The minimum absolute atomic E-state index is 0.0453. The number of hydrogen-bond acceptors (Lipinski definition) is 6. The predicted molar refractivity (Wildman–Crippen MR) is 101 cm³/mol. The van der Waals surface area contributed by atoms with E-state index in [1.165, 1.54) is 15.4 Å². The molecule has 2 N–H and O–H groups in total. The van der Waals surface area contributed by atoms with Gasteiger partial charge in [0.15, 0.2) is 0 Å². The number of sulfonamides is 1. The molecule has 2 aliphatic rings. The number of rotatable bonds is 5. The molecule has 26 heavy (non-hydrogen) atoms. The lowest BCUT2D eigenvalue weighted by molar-refractivity contribution is 0.0171. The van der Waals surface area contributed by atoms with E-state index in [0.29, 0.717) is 13.1 Å². The molecular weight excluding hydrogens is 372 g/mol. The van der Waals surface area contributed by atoms with Crippen molar-refractivity contribution in [2.75, 3.05) is 39.0 Å². The van der Waals surface area contributed by atoms with Crippen LogP contribution in [-0.2, 0) is 16.6 Å². The van der Waals surface area contributed by atoms with Crippen LogP contribution in [0.5, 0.6) is 0 Å². The molecule has 2 aromatic heterocycles. The van der Waals surface area contributed by atoms with Crippen LogP contribution in [0.25, 0.3) is 10.6 Å². The van der Waals surface area contributed by atoms with Gasteiger partial charge in [0.05, 0.1) is 29.6 Å². The zero-order chi connectivity index (χ0) is 18.4. The standard InChI is InChI=1S/C17H24N4O3S2/c1-26(23,24)21-10-14-9-20(5-4-17(14,11-21)12-22)8-13-7-18-19-16(13)15-3-2-6-25-15/h2-3,6-7,14,22H,4-5,8-12H2,1H3,(H,18,19)/t14-,17+/m1/s1. The number of aromatic amines is 1. The number of likely N-dealkylation sites (tertiary alicyclic amines) is 1. The molecule has 4 heterocycles. The van der Waals surface area contributed by atoms with Gasteiger partial charge >= 0.3 is 0 Å². The first-order chi connectivity index (χ1) is 12.4. The van der Waals surface area contributed by atoms with Gasteiger partial charge in [-0.1, -0.05) is 6.07 Å². The van der Waals surface area contributed by atoms with Gasteiger partial charge in [-0.3, -0.25) is 10.00 Å². The average molecular weight is 397 g/mol. The van der Waals surface area contributed by atoms with Gasteiger partial charge < -0.3 is 5.11 Å². The number of hydrogen-bond donors (Lipinski definition) is 2. The van der Waals surface area contributed by atoms with Crippen molar-refractivity contribution in [2.24, 2.45) is 11.3 Å². The third-order valence-corrected chi connectivity index (χ3v) is 7.95. The van der Waals surface area contributed by atoms with Crippen molar-refractivity contribution < 1.29 is 13.5 Å². The highest BCUT2D eigenvalue weighted by Gasteiger charge is 2.51. The summed E-state index contributed by atoms with van der Waals surface area (Å²) in [5.41, 5.74) is 1.91. The molecule has 2 fully saturated rings. The van der Waals surface area contributed by atoms with Crippen LogP contribution in [0.3, 0.4) is 0 Å². The van der Waals surface area contributed by atoms with Crippen molar-refractivity contribution in [1.82, 2.24) is 19.4 Å². The molecule has 2 atom stereocenters. The quantitative estimate of drug-likeness (QED) is 0.793. The van der Waals surface area contributed by atoms with Crippen molar-refractivity contribution in [1.29, 1.82) is 0 Å². The molecule has 0 bridgehead atoms. The van der Waals surface area contributed by atoms with E-state index < -0.39 is 10.0 Å². The zero-order valence-electron chi connectivity index (χ0n) is 14.8. The normalized spacial score (nSPS) is 27.7. The van der Waals surface area contributed by atoms with Gasteiger partial charge in [0.1, 0.15) is 0 Å². The third kappa shape index (κ3) is 3.22. The van der Waals surface area contributed by atoms with E-state index in [1.54, 1.807) is 11.3 Å². The van der Waals surface area contributed by atoms with Gasteiger partial charge in [-0.15, -0.1) is 11.3 Å². The first-order valence-corrected chi connectivity index (χ1v) is 11.5. The number of piperidine rings is 1. The summed E-state index contributed by atoms with van der Waals surface area (Å²) in [5.74, 6) is 0.160. The molecule has 2 aliphatic heterocycles. The van der Waals surface area contributed by atoms with Gasteiger partial charge in [-0.05, 0) is 30.3 Å². The SMILES string of the molecule is CS(=O)(=O)N1C[C@H]2CN(Cc3cn[nH]c3-c3cccs3)CC[C@@]2(CO)C1. The lowest BCUT2D eigenvalue weighted by Gasteiger charge is -2.42. The average Bonchev–Trinajstić information content (AvgIpc) is 3.33. The number of aliphatic hydroxyl groups is 1. The number of thiophene rings is 1. The molecule has 7 nitrogen and oxygen atoms in total. The Balaban J connectivity index is 1.50. The number of H-pyrrole nitrogens is 1. The van der Waals surface area contributed by atoms with Crippen LogP contribution in [-0.4, -0.2) is 72.0 Å². The Morgan fingerprint density at radius 3 is 3.00 bits per heavy atom. The van der Waals surface area contributed by atoms with Crippen LogP contribution in [0.15, 0.2) is 23.7 Å². The van der Waals surface area contributed by atoms with Crippen LogP contribution >= 0.6 is 11.3 Å². The number of aromatic nitrogens is 2. The summed E-state index contributed by atoms with van der Waals surface area (Å²) in [7, 11) is -3.22. The van der Waals surface area contributed by atoms with Crippen molar-refractivity contribution in [3.8, 4) is 10.6 Å². The van der Waals surface area contributed by atoms with Gasteiger partial charge in [-0.2, -0.15) is 5.10 Å². The molecule has 2 aromatic rings. The summed E-state index contributed by atoms with van der Waals surface area (Å²) in [6, 6.07) is 4.11. The fourth-order valence-electron chi connectivity index (χ4n) is 4.26. The molecule has 9 heteroatoms. The molecule has 0 unspecified atom stereocenters. The Morgan fingerprint density at radius 2 is 2.31 bits per heavy atom. The van der Waals surface area contributed by atoms with Crippen LogP contribution in [0.1, 0.15) is 12.0 Å². The molecule has 142 valence electrons. The Labute approximate surface area is 157 Å². The summed E-state index contributed by atoms with van der Waals surface area (Å²) in [6.45, 7) is 3.40. The number of fused-ring (bicyclic) bond motifs is 1. The summed E-state index contributed by atoms with van der Waals surface area (Å²) < 4.78 is 25.5. The van der Waals surface area contributed by atoms with E-state index in [9.17, 15) is 13.5 Å². The highest BCUT2D eigenvalue weighted by atomic mass is 32.2. The highest BCUT2D eigenvalue weighted by molar-refractivity contribution is 7.88. The molecule has 0 aliphatic carbocycles. The maximum atomic E-state index is 12.0. The van der Waals surface area contributed by atoms with Crippen molar-refractivity contribution >= 4 is 21.4 Å². The second-order valence-electron chi connectivity index (χ2n) is 7.51. The fraction of sp³-hybridized carbons (Fsp3) is 0.588. The third-order valence-electron chi connectivity index (χ3n) is 5.85. The van der Waals surface area contributed by atoms with Crippen LogP contribution in [0.2, 0.25) is 0 Å². The smallest absolute Gasteiger partial charge is 0.211 e. The molecule has 0 amide bonds. The summed E-state index contributed by atoms with van der Waals surface area (Å²) in [6.07, 6.45) is 3.94. The van der Waals surface area contributed by atoms with Crippen LogP contribution in [0.4, 0.5) is 0 Å². The van der Waals surface area contributed by atoms with Crippen molar-refractivity contribution in [3.63, 3.8) is 0 Å². The first kappa shape index (κ1) is 18.1. The van der Waals surface area contributed by atoms with Gasteiger partial charge in [0.2, 0.25) is 10.0 Å². The Bertz CT molecular complexity index is 864. The minimum Gasteiger partial charge on any atom is -0.396 e. The Hall–Kier alpha value is -1.26. The summed E-state index contributed by atoms with van der Waals surface area (Å²) in [4.78, 5) is 3.52. The first-order valence-electron chi connectivity index (χ1n) is 8.76. The largest absolute Gasteiger partial charge is 0.396 e. The minimum atomic E-state index is -3.22. The second kappa shape index (κ2) is 6.72. The van der Waals surface area contributed by atoms with E-state index in [4.69, 9.17) is 0 Å². The second-order valence-corrected chi connectivity index (χ2v) is 10.4. The van der Waals surface area contributed by atoms with E-state index >= 15 is 0 Å². The lowest BCUT2D eigenvalue weighted by atomic mass is 9.73. The van der Waals surface area contributed by atoms with Crippen LogP contribution < -0.4 is 0 Å². The molecule has 0 spiro atoms. The molecule has 0 aromatic carbocycles. The number of nitrogens with zero attached hydrogens (tertiary/aromatic N) is 3. The van der Waals surface area contributed by atoms with Crippen LogP contribution in [0, 0.1) is 11.3 Å². The monoisotopic (exact) mass is 396 g/mol. The fourth-order valence-corrected chi connectivity index (χ4v) is 5.96. The predicted octanol–water partition coefficient (Wildman–Crippen LogP) is 1.21. The van der Waals surface area contributed by atoms with E-state index in [1.807, 2.05) is 12.3 Å². The van der Waals surface area contributed by atoms with Gasteiger partial charge in [0, 0.05) is 37.2 Å². The van der Waals surface area contributed by atoms with Crippen molar-refractivity contribution in [3.05, 3.63) is 29.3 Å². The van der Waals surface area contributed by atoms with Gasteiger partial charge in [0.25, 0.3) is 0 Å². The van der Waals surface area contributed by atoms with E-state index in [-0.39, 0.29) is 17.9 Å². The van der Waals surface area contributed by atoms with E-state index in [2.05, 4.69) is 26.5 Å². The molecule has 0 saturated carbocycles. The van der Waals surface area contributed by atoms with Crippen molar-refractivity contribution in [2.45, 2.75) is 13.0 Å². The maximum Gasteiger partial charge on any atom is 0.211 e. The highest BCUT2D eigenvalue weighted by Crippen LogP contribution is 2.43. The topological polar surface area (TPSA) is 89.5 Å². The van der Waals surface area contributed by atoms with E-state index in [0.717, 1.165) is 37.3 Å². The Kier molecular flexibility index (Phi) is 4.68. The zero-order valence-corrected chi connectivity index (χ0v) is 16.4. The Morgan fingerprint density at radius 1 is 1.46 bits per heavy atom. The maximum absolute atomic E-state index is 12.0. The summed E-state index contributed by atoms with van der Waals surface area (Å²) >= 11 is 1.68. The lowest BCUT2D eigenvalue weighted by Crippen LogP contribution is -2.48. The number of aliphatic hydroxyl groups excluding tert-OH is 1. The van der Waals surface area contributed by atoms with Gasteiger partial charge in [-0.25, -0.2) is 12.7 Å². The molecular formula is C17H24N4O3S2. The summed E-state index contributed by atoms with van der Waals surface area (Å²) in [5, 5.41) is 19.4. The molecule has 2 saturated heterocycles.